The molecular formula is C27H41N7O6S. The molecule has 3 amide bonds. The van der Waals surface area contributed by atoms with Gasteiger partial charge in [-0.25, -0.2) is 14.8 Å². The molecule has 13 nitrogen and oxygen atoms in total. The van der Waals surface area contributed by atoms with Crippen LogP contribution in [0.5, 0.6) is 0 Å². The van der Waals surface area contributed by atoms with Crippen molar-refractivity contribution in [2.75, 3.05) is 13.2 Å². The van der Waals surface area contributed by atoms with Crippen molar-refractivity contribution in [2.24, 2.45) is 0 Å². The molecule has 14 heteroatoms. The van der Waals surface area contributed by atoms with Crippen LogP contribution in [0, 0.1) is 0 Å². The number of nitrogens with zero attached hydrogens (tertiary/aromatic N) is 6. The molecule has 2 fully saturated rings. The maximum atomic E-state index is 14.3. The minimum absolute atomic E-state index is 0.0697. The van der Waals surface area contributed by atoms with Crippen LogP contribution in [-0.4, -0.2) is 98.0 Å². The number of fused-ring (bicyclic) bond motifs is 1. The van der Waals surface area contributed by atoms with E-state index >= 15 is 0 Å². The molecule has 0 unspecified atom stereocenters. The van der Waals surface area contributed by atoms with Gasteiger partial charge in [0.15, 0.2) is 0 Å². The minimum atomic E-state index is -0.773. The summed E-state index contributed by atoms with van der Waals surface area (Å²) in [7, 11) is 0. The molecule has 2 aliphatic rings. The van der Waals surface area contributed by atoms with E-state index in [1.807, 2.05) is 35.4 Å². The highest BCUT2D eigenvalue weighted by atomic mass is 32.2. The second-order valence-corrected chi connectivity index (χ2v) is 13.7. The number of nitrogens with one attached hydrogen (secondary N) is 1. The quantitative estimate of drug-likeness (QED) is 0.310. The summed E-state index contributed by atoms with van der Waals surface area (Å²) in [6.07, 6.45) is 7.57. The third kappa shape index (κ3) is 7.22. The highest BCUT2D eigenvalue weighted by Crippen LogP contribution is 2.51. The molecular weight excluding hydrogens is 550 g/mol. The summed E-state index contributed by atoms with van der Waals surface area (Å²) in [4.78, 5) is 52.1. The second-order valence-electron chi connectivity index (χ2n) is 11.9. The normalized spacial score (nSPS) is 21.4. The summed E-state index contributed by atoms with van der Waals surface area (Å²) >= 11 is 1.48. The molecule has 0 saturated carbocycles. The second kappa shape index (κ2) is 12.4. The number of alkyl carbamates (subject to hydrolysis) is 1. The first kappa shape index (κ1) is 30.8. The zero-order valence-corrected chi connectivity index (χ0v) is 25.1. The van der Waals surface area contributed by atoms with E-state index in [0.29, 0.717) is 37.3 Å². The lowest BCUT2D eigenvalue weighted by Gasteiger charge is -2.45. The van der Waals surface area contributed by atoms with Crippen LogP contribution in [0.15, 0.2) is 25.0 Å². The summed E-state index contributed by atoms with van der Waals surface area (Å²) in [5.41, 5.74) is 0.652. The molecule has 0 aliphatic carbocycles. The molecule has 3 atom stereocenters. The third-order valence-electron chi connectivity index (χ3n) is 6.89. The number of hydrogen-bond donors (Lipinski definition) is 3. The van der Waals surface area contributed by atoms with Crippen LogP contribution >= 0.6 is 11.8 Å². The van der Waals surface area contributed by atoms with E-state index < -0.39 is 33.9 Å². The Bertz CT molecular complexity index is 1190. The topological polar surface area (TPSA) is 155 Å². The fourth-order valence-corrected chi connectivity index (χ4v) is 6.71. The molecule has 2 aromatic heterocycles. The number of rotatable bonds is 12. The SMILES string of the molecule is CC(C)(C)OC(=O)N[C@@H]1C(=O)N2[C@@H]1SC(C)(C)[C@@H]2C(=O)N(Cc1cn(CCCO)cn1)Cc1cn(CCCO)cn1. The van der Waals surface area contributed by atoms with Crippen molar-refractivity contribution in [3.05, 3.63) is 36.4 Å². The first-order valence-electron chi connectivity index (χ1n) is 13.8. The van der Waals surface area contributed by atoms with Gasteiger partial charge in [-0.05, 0) is 47.5 Å². The predicted molar refractivity (Wildman–Crippen MR) is 151 cm³/mol. The number of imidazole rings is 2. The number of β-lactam (4-membered cyclic amide) rings is 1. The first-order chi connectivity index (χ1) is 19.3. The van der Waals surface area contributed by atoms with Crippen LogP contribution in [0.3, 0.4) is 0 Å². The highest BCUT2D eigenvalue weighted by Gasteiger charge is 2.64. The molecule has 2 saturated heterocycles. The molecule has 0 bridgehead atoms. The fraction of sp³-hybridized carbons (Fsp3) is 0.667. The molecule has 226 valence electrons. The van der Waals surface area contributed by atoms with Crippen molar-refractivity contribution in [3.8, 4) is 0 Å². The average molecular weight is 592 g/mol. The Kier molecular flexibility index (Phi) is 9.34. The number of amides is 3. The molecule has 4 heterocycles. The van der Waals surface area contributed by atoms with Crippen molar-refractivity contribution in [1.29, 1.82) is 0 Å². The van der Waals surface area contributed by atoms with Gasteiger partial charge in [0.1, 0.15) is 23.1 Å². The van der Waals surface area contributed by atoms with Crippen LogP contribution < -0.4 is 5.32 Å². The maximum Gasteiger partial charge on any atom is 0.408 e. The number of aliphatic hydroxyl groups excluding tert-OH is 2. The van der Waals surface area contributed by atoms with Crippen molar-refractivity contribution in [1.82, 2.24) is 34.2 Å². The van der Waals surface area contributed by atoms with Crippen LogP contribution in [0.1, 0.15) is 58.8 Å². The Morgan fingerprint density at radius 2 is 1.59 bits per heavy atom. The van der Waals surface area contributed by atoms with Crippen LogP contribution in [-0.2, 0) is 40.5 Å². The van der Waals surface area contributed by atoms with E-state index in [4.69, 9.17) is 14.9 Å². The van der Waals surface area contributed by atoms with Crippen LogP contribution in [0.2, 0.25) is 0 Å². The van der Waals surface area contributed by atoms with Crippen LogP contribution in [0.25, 0.3) is 0 Å². The van der Waals surface area contributed by atoms with Gasteiger partial charge in [-0.15, -0.1) is 11.8 Å². The third-order valence-corrected chi connectivity index (χ3v) is 8.46. The van der Waals surface area contributed by atoms with Crippen LogP contribution in [0.4, 0.5) is 4.79 Å². The Morgan fingerprint density at radius 3 is 2.07 bits per heavy atom. The zero-order valence-electron chi connectivity index (χ0n) is 24.3. The number of aryl methyl sites for hydroxylation is 2. The number of ether oxygens (including phenoxy) is 1. The number of aromatic nitrogens is 4. The van der Waals surface area contributed by atoms with Gasteiger partial charge in [0, 0.05) is 43.4 Å². The summed E-state index contributed by atoms with van der Waals surface area (Å²) in [5, 5.41) is 20.6. The molecule has 0 spiro atoms. The first-order valence-corrected chi connectivity index (χ1v) is 14.7. The number of carbonyl (C=O) groups is 3. The summed E-state index contributed by atoms with van der Waals surface area (Å²) in [6, 6.07) is -1.53. The van der Waals surface area contributed by atoms with Gasteiger partial charge in [-0.3, -0.25) is 9.59 Å². The molecule has 0 radical (unpaired) electrons. The molecule has 4 rings (SSSR count). The van der Waals surface area contributed by atoms with E-state index in [1.165, 1.54) is 11.8 Å². The number of thioether (sulfide) groups is 1. The summed E-state index contributed by atoms with van der Waals surface area (Å²) < 4.78 is 8.46. The molecule has 0 aromatic carbocycles. The lowest BCUT2D eigenvalue weighted by molar-refractivity contribution is -0.157. The van der Waals surface area contributed by atoms with E-state index in [2.05, 4.69) is 15.3 Å². The van der Waals surface area contributed by atoms with Gasteiger partial charge in [-0.2, -0.15) is 0 Å². The molecule has 2 aliphatic heterocycles. The fourth-order valence-electron chi connectivity index (χ4n) is 5.08. The van der Waals surface area contributed by atoms with E-state index in [1.54, 1.807) is 43.2 Å². The predicted octanol–water partition coefficient (Wildman–Crippen LogP) is 1.33. The van der Waals surface area contributed by atoms with Gasteiger partial charge in [0.2, 0.25) is 11.8 Å². The Hall–Kier alpha value is -3.10. The standard InChI is InChI=1S/C27H41N7O6S/c1-26(2,3)40-25(39)30-20-22(37)34-21(27(4,5)41-24(20)34)23(38)33(14-18-12-31(16-28-18)8-6-10-35)15-19-13-32(17-29-19)9-7-11-36/h12-13,16-17,20-21,24,35-36H,6-11,14-15H2,1-5H3,(H,30,39)/t20-,21+,24-/m1/s1. The lowest BCUT2D eigenvalue weighted by Crippen LogP contribution is -2.71. The zero-order chi connectivity index (χ0) is 29.9. The van der Waals surface area contributed by atoms with Crippen molar-refractivity contribution in [2.45, 2.75) is 101 Å². The van der Waals surface area contributed by atoms with E-state index in [0.717, 1.165) is 0 Å². The van der Waals surface area contributed by atoms with E-state index in [9.17, 15) is 14.4 Å². The van der Waals surface area contributed by atoms with Crippen molar-refractivity contribution < 1.29 is 29.3 Å². The van der Waals surface area contributed by atoms with Gasteiger partial charge in [-0.1, -0.05) is 0 Å². The Labute approximate surface area is 244 Å². The molecule has 3 N–H and O–H groups in total. The average Bonchev–Trinajstić information content (AvgIpc) is 3.59. The van der Waals surface area contributed by atoms with E-state index in [-0.39, 0.29) is 38.1 Å². The van der Waals surface area contributed by atoms with Gasteiger partial charge in [0.25, 0.3) is 0 Å². The number of aliphatic hydroxyl groups is 2. The van der Waals surface area contributed by atoms with Crippen molar-refractivity contribution >= 4 is 29.7 Å². The summed E-state index contributed by atoms with van der Waals surface area (Å²) in [6.45, 7) is 10.9. The smallest absolute Gasteiger partial charge is 0.408 e. The van der Waals surface area contributed by atoms with Gasteiger partial charge in [0.05, 0.1) is 37.1 Å². The largest absolute Gasteiger partial charge is 0.444 e. The number of carbonyl (C=O) groups excluding carboxylic acids is 3. The summed E-state index contributed by atoms with van der Waals surface area (Å²) in [5.74, 6) is -0.553. The Morgan fingerprint density at radius 1 is 1.05 bits per heavy atom. The molecule has 2 aromatic rings. The molecule has 41 heavy (non-hydrogen) atoms. The van der Waals surface area contributed by atoms with Crippen molar-refractivity contribution in [3.63, 3.8) is 0 Å². The van der Waals surface area contributed by atoms with Gasteiger partial charge >= 0.3 is 6.09 Å². The maximum absolute atomic E-state index is 14.3. The highest BCUT2D eigenvalue weighted by molar-refractivity contribution is 8.01. The Balaban J connectivity index is 1.54. The van der Waals surface area contributed by atoms with Gasteiger partial charge < -0.3 is 39.2 Å². The number of hydrogen-bond acceptors (Lipinski definition) is 9. The lowest BCUT2D eigenvalue weighted by atomic mass is 9.94. The minimum Gasteiger partial charge on any atom is -0.444 e. The monoisotopic (exact) mass is 591 g/mol.